The number of carboxylic acids is 1. The zero-order valence-corrected chi connectivity index (χ0v) is 12.3. The van der Waals surface area contributed by atoms with Crippen molar-refractivity contribution >= 4 is 17.7 Å². The number of pyridine rings is 1. The molecule has 5 nitrogen and oxygen atoms in total. The number of hydrogen-bond donors (Lipinski definition) is 2. The van der Waals surface area contributed by atoms with Crippen LogP contribution in [-0.2, 0) is 16.0 Å². The van der Waals surface area contributed by atoms with Crippen LogP contribution in [0.5, 0.6) is 0 Å². The van der Waals surface area contributed by atoms with Gasteiger partial charge in [-0.25, -0.2) is 4.98 Å². The number of hydrogen-bond acceptors (Lipinski definition) is 3. The molecule has 2 rings (SSSR count). The fraction of sp³-hybridized carbons (Fsp3) is 0.235. The first-order chi connectivity index (χ1) is 10.5. The van der Waals surface area contributed by atoms with Crippen LogP contribution in [0.2, 0.25) is 0 Å². The van der Waals surface area contributed by atoms with E-state index in [1.54, 1.807) is 24.4 Å². The second kappa shape index (κ2) is 7.36. The molecule has 1 heterocycles. The molecule has 0 saturated carbocycles. The Labute approximate surface area is 129 Å². The predicted molar refractivity (Wildman–Crippen MR) is 83.5 cm³/mol. The van der Waals surface area contributed by atoms with Crippen molar-refractivity contribution < 1.29 is 14.7 Å². The number of aromatic nitrogens is 1. The maximum atomic E-state index is 12.0. The van der Waals surface area contributed by atoms with Crippen LogP contribution in [0.15, 0.2) is 48.7 Å². The smallest absolute Gasteiger partial charge is 0.307 e. The van der Waals surface area contributed by atoms with E-state index in [9.17, 15) is 14.7 Å². The third kappa shape index (κ3) is 4.70. The number of amides is 1. The highest BCUT2D eigenvalue weighted by molar-refractivity contribution is 5.92. The summed E-state index contributed by atoms with van der Waals surface area (Å²) in [7, 11) is 0. The van der Waals surface area contributed by atoms with Crippen molar-refractivity contribution in [3.05, 3.63) is 59.8 Å². The average molecular weight is 298 g/mol. The molecule has 1 unspecified atom stereocenters. The molecule has 5 heteroatoms. The minimum absolute atomic E-state index is 0.0835. The summed E-state index contributed by atoms with van der Waals surface area (Å²) in [5.74, 6) is -1.66. The molecule has 0 saturated heterocycles. The third-order valence-corrected chi connectivity index (χ3v) is 3.32. The van der Waals surface area contributed by atoms with Crippen molar-refractivity contribution in [3.8, 4) is 0 Å². The number of benzene rings is 1. The Morgan fingerprint density at radius 2 is 1.91 bits per heavy atom. The summed E-state index contributed by atoms with van der Waals surface area (Å²) in [5, 5.41) is 11.9. The maximum absolute atomic E-state index is 12.0. The summed E-state index contributed by atoms with van der Waals surface area (Å²) in [6.07, 6.45) is 1.81. The van der Waals surface area contributed by atoms with Gasteiger partial charge in [0.25, 0.3) is 0 Å². The molecular formula is C17H18N2O3. The first-order valence-electron chi connectivity index (χ1n) is 7.04. The van der Waals surface area contributed by atoms with E-state index in [-0.39, 0.29) is 12.3 Å². The van der Waals surface area contributed by atoms with Gasteiger partial charge in [0.2, 0.25) is 5.91 Å². The Morgan fingerprint density at radius 1 is 1.18 bits per heavy atom. The van der Waals surface area contributed by atoms with Gasteiger partial charge in [0.05, 0.1) is 5.92 Å². The number of carboxylic acid groups (broad SMARTS) is 1. The van der Waals surface area contributed by atoms with Gasteiger partial charge in [-0.1, -0.05) is 35.9 Å². The van der Waals surface area contributed by atoms with Gasteiger partial charge < -0.3 is 10.4 Å². The van der Waals surface area contributed by atoms with E-state index in [1.165, 1.54) is 0 Å². The van der Waals surface area contributed by atoms with Crippen molar-refractivity contribution in [2.45, 2.75) is 19.8 Å². The van der Waals surface area contributed by atoms with Crippen LogP contribution in [0.25, 0.3) is 0 Å². The van der Waals surface area contributed by atoms with Crippen LogP contribution >= 0.6 is 0 Å². The fourth-order valence-corrected chi connectivity index (χ4v) is 2.11. The zero-order chi connectivity index (χ0) is 15.9. The SMILES string of the molecule is Cc1ccc(CC(CC(=O)Nc2ccccn2)C(=O)O)cc1. The second-order valence-corrected chi connectivity index (χ2v) is 5.19. The van der Waals surface area contributed by atoms with Gasteiger partial charge in [-0.15, -0.1) is 0 Å². The third-order valence-electron chi connectivity index (χ3n) is 3.32. The molecule has 0 bridgehead atoms. The van der Waals surface area contributed by atoms with Crippen molar-refractivity contribution in [1.29, 1.82) is 0 Å². The number of aliphatic carboxylic acids is 1. The van der Waals surface area contributed by atoms with Gasteiger partial charge in [0, 0.05) is 12.6 Å². The number of carbonyl (C=O) groups is 2. The summed E-state index contributed by atoms with van der Waals surface area (Å²) in [4.78, 5) is 27.3. The van der Waals surface area contributed by atoms with E-state index >= 15 is 0 Å². The Balaban J connectivity index is 1.98. The van der Waals surface area contributed by atoms with Gasteiger partial charge in [-0.05, 0) is 31.0 Å². The van der Waals surface area contributed by atoms with Crippen LogP contribution in [0.3, 0.4) is 0 Å². The molecule has 0 aliphatic heterocycles. The van der Waals surface area contributed by atoms with Crippen molar-refractivity contribution in [3.63, 3.8) is 0 Å². The fourth-order valence-electron chi connectivity index (χ4n) is 2.11. The quantitative estimate of drug-likeness (QED) is 0.859. The van der Waals surface area contributed by atoms with Crippen LogP contribution in [0.1, 0.15) is 17.5 Å². The number of nitrogens with zero attached hydrogens (tertiary/aromatic N) is 1. The van der Waals surface area contributed by atoms with E-state index in [1.807, 2.05) is 31.2 Å². The second-order valence-electron chi connectivity index (χ2n) is 5.19. The van der Waals surface area contributed by atoms with Crippen LogP contribution in [-0.4, -0.2) is 22.0 Å². The lowest BCUT2D eigenvalue weighted by Crippen LogP contribution is -2.24. The van der Waals surface area contributed by atoms with Crippen LogP contribution in [0, 0.1) is 12.8 Å². The van der Waals surface area contributed by atoms with Crippen molar-refractivity contribution in [2.75, 3.05) is 5.32 Å². The van der Waals surface area contributed by atoms with Crippen molar-refractivity contribution in [1.82, 2.24) is 4.98 Å². The van der Waals surface area contributed by atoms with E-state index in [0.717, 1.165) is 11.1 Å². The van der Waals surface area contributed by atoms with E-state index in [2.05, 4.69) is 10.3 Å². The molecule has 2 aromatic rings. The number of nitrogens with one attached hydrogen (secondary N) is 1. The number of aryl methyl sites for hydroxylation is 1. The molecule has 1 atom stereocenters. The van der Waals surface area contributed by atoms with Gasteiger partial charge in [0.1, 0.15) is 5.82 Å². The minimum atomic E-state index is -0.975. The topological polar surface area (TPSA) is 79.3 Å². The van der Waals surface area contributed by atoms with E-state index < -0.39 is 11.9 Å². The molecule has 22 heavy (non-hydrogen) atoms. The summed E-state index contributed by atoms with van der Waals surface area (Å²) in [6.45, 7) is 1.97. The van der Waals surface area contributed by atoms with Gasteiger partial charge in [-0.2, -0.15) is 0 Å². The lowest BCUT2D eigenvalue weighted by Gasteiger charge is -2.12. The Bertz CT molecular complexity index is 639. The normalized spacial score (nSPS) is 11.7. The Kier molecular flexibility index (Phi) is 5.25. The maximum Gasteiger partial charge on any atom is 0.307 e. The van der Waals surface area contributed by atoms with Crippen LogP contribution < -0.4 is 5.32 Å². The molecule has 114 valence electrons. The predicted octanol–water partition coefficient (Wildman–Crippen LogP) is 2.66. The molecule has 1 aromatic heterocycles. The highest BCUT2D eigenvalue weighted by atomic mass is 16.4. The monoisotopic (exact) mass is 298 g/mol. The molecule has 0 fully saturated rings. The lowest BCUT2D eigenvalue weighted by atomic mass is 9.95. The number of anilines is 1. The lowest BCUT2D eigenvalue weighted by molar-refractivity contribution is -0.143. The Morgan fingerprint density at radius 3 is 2.50 bits per heavy atom. The molecular weight excluding hydrogens is 280 g/mol. The number of rotatable bonds is 6. The number of carbonyl (C=O) groups excluding carboxylic acids is 1. The van der Waals surface area contributed by atoms with Crippen LogP contribution in [0.4, 0.5) is 5.82 Å². The Hall–Kier alpha value is -2.69. The molecule has 0 aliphatic rings. The highest BCUT2D eigenvalue weighted by Crippen LogP contribution is 2.15. The largest absolute Gasteiger partial charge is 0.481 e. The minimum Gasteiger partial charge on any atom is -0.481 e. The molecule has 0 radical (unpaired) electrons. The highest BCUT2D eigenvalue weighted by Gasteiger charge is 2.22. The molecule has 0 aliphatic carbocycles. The summed E-state index contributed by atoms with van der Waals surface area (Å²) in [6, 6.07) is 12.8. The van der Waals surface area contributed by atoms with Gasteiger partial charge >= 0.3 is 5.97 Å². The average Bonchev–Trinajstić information content (AvgIpc) is 2.49. The summed E-state index contributed by atoms with van der Waals surface area (Å²) >= 11 is 0. The molecule has 1 amide bonds. The van der Waals surface area contributed by atoms with Crippen molar-refractivity contribution in [2.24, 2.45) is 5.92 Å². The standard InChI is InChI=1S/C17H18N2O3/c1-12-5-7-13(8-6-12)10-14(17(21)22)11-16(20)19-15-4-2-3-9-18-15/h2-9,14H,10-11H2,1H3,(H,21,22)(H,18,19,20). The van der Waals surface area contributed by atoms with Gasteiger partial charge in [0.15, 0.2) is 0 Å². The van der Waals surface area contributed by atoms with E-state index in [4.69, 9.17) is 0 Å². The first kappa shape index (κ1) is 15.7. The molecule has 2 N–H and O–H groups in total. The molecule has 0 spiro atoms. The summed E-state index contributed by atoms with van der Waals surface area (Å²) in [5.41, 5.74) is 2.02. The summed E-state index contributed by atoms with van der Waals surface area (Å²) < 4.78 is 0. The van der Waals surface area contributed by atoms with E-state index in [0.29, 0.717) is 12.2 Å². The zero-order valence-electron chi connectivity index (χ0n) is 12.3. The molecule has 1 aromatic carbocycles. The van der Waals surface area contributed by atoms with Gasteiger partial charge in [-0.3, -0.25) is 9.59 Å². The first-order valence-corrected chi connectivity index (χ1v) is 7.04.